The Hall–Kier alpha value is -0.810. The molecule has 0 radical (unpaired) electrons. The van der Waals surface area contributed by atoms with Crippen LogP contribution in [-0.2, 0) is 4.74 Å². The van der Waals surface area contributed by atoms with Gasteiger partial charge >= 0.3 is 6.09 Å². The summed E-state index contributed by atoms with van der Waals surface area (Å²) in [6, 6.07) is 0. The summed E-state index contributed by atoms with van der Waals surface area (Å²) in [4.78, 5) is 14.5. The van der Waals surface area contributed by atoms with Crippen molar-refractivity contribution in [2.24, 2.45) is 0 Å². The molecule has 1 N–H and O–H groups in total. The normalized spacial score (nSPS) is 26.1. The van der Waals surface area contributed by atoms with Crippen molar-refractivity contribution in [1.29, 1.82) is 0 Å². The zero-order chi connectivity index (χ0) is 13.2. The molecule has 0 spiro atoms. The van der Waals surface area contributed by atoms with E-state index < -0.39 is 0 Å². The fourth-order valence-electron chi connectivity index (χ4n) is 2.65. The molecule has 2 heterocycles. The summed E-state index contributed by atoms with van der Waals surface area (Å²) in [5.41, 5.74) is 3.00. The minimum Gasteiger partial charge on any atom is -0.445 e. The van der Waals surface area contributed by atoms with E-state index in [1.54, 1.807) is 5.01 Å². The van der Waals surface area contributed by atoms with Crippen LogP contribution in [0.5, 0.6) is 0 Å². The molecule has 0 aromatic heterocycles. The van der Waals surface area contributed by atoms with E-state index in [2.05, 4.69) is 31.2 Å². The molecule has 2 aliphatic rings. The van der Waals surface area contributed by atoms with E-state index in [4.69, 9.17) is 4.74 Å². The Labute approximate surface area is 109 Å². The van der Waals surface area contributed by atoms with Gasteiger partial charge in [0.25, 0.3) is 0 Å². The zero-order valence-electron chi connectivity index (χ0n) is 11.7. The third-order valence-corrected chi connectivity index (χ3v) is 3.96. The Bertz CT molecular complexity index is 299. The van der Waals surface area contributed by atoms with Crippen LogP contribution in [0.1, 0.15) is 39.5 Å². The number of ether oxygens (including phenoxy) is 1. The number of piperidine rings is 1. The second kappa shape index (κ2) is 5.45. The first-order valence-electron chi connectivity index (χ1n) is 6.92. The molecule has 2 saturated heterocycles. The van der Waals surface area contributed by atoms with Crippen molar-refractivity contribution in [3.05, 3.63) is 0 Å². The molecule has 0 aromatic rings. The van der Waals surface area contributed by atoms with Gasteiger partial charge in [0.15, 0.2) is 0 Å². The molecule has 2 fully saturated rings. The summed E-state index contributed by atoms with van der Waals surface area (Å²) in [6.07, 6.45) is 3.86. The average molecular weight is 255 g/mol. The van der Waals surface area contributed by atoms with Gasteiger partial charge in [-0.3, -0.25) is 0 Å². The molecule has 104 valence electrons. The van der Waals surface area contributed by atoms with Crippen molar-refractivity contribution >= 4 is 6.09 Å². The van der Waals surface area contributed by atoms with Gasteiger partial charge < -0.3 is 9.64 Å². The molecular weight excluding hydrogens is 230 g/mol. The number of likely N-dealkylation sites (tertiary alicyclic amines) is 1. The predicted octanol–water partition coefficient (Wildman–Crippen LogP) is 1.60. The Morgan fingerprint density at radius 3 is 2.61 bits per heavy atom. The number of amides is 1. The monoisotopic (exact) mass is 255 g/mol. The molecule has 18 heavy (non-hydrogen) atoms. The van der Waals surface area contributed by atoms with Gasteiger partial charge in [0, 0.05) is 19.6 Å². The van der Waals surface area contributed by atoms with Crippen molar-refractivity contribution < 1.29 is 9.53 Å². The topological polar surface area (TPSA) is 44.8 Å². The van der Waals surface area contributed by atoms with Crippen LogP contribution in [0.15, 0.2) is 0 Å². The first-order chi connectivity index (χ1) is 8.49. The fraction of sp³-hybridized carbons (Fsp3) is 0.923. The van der Waals surface area contributed by atoms with Gasteiger partial charge in [-0.1, -0.05) is 0 Å². The van der Waals surface area contributed by atoms with Gasteiger partial charge in [-0.2, -0.15) is 0 Å². The van der Waals surface area contributed by atoms with Crippen molar-refractivity contribution in [2.75, 3.05) is 26.7 Å². The molecule has 0 saturated carbocycles. The van der Waals surface area contributed by atoms with Crippen molar-refractivity contribution in [2.45, 2.75) is 51.2 Å². The lowest BCUT2D eigenvalue weighted by Gasteiger charge is -2.42. The average Bonchev–Trinajstić information content (AvgIpc) is 2.31. The number of hydrazine groups is 1. The minimum atomic E-state index is -0.214. The quantitative estimate of drug-likeness (QED) is 0.773. The van der Waals surface area contributed by atoms with E-state index in [9.17, 15) is 4.79 Å². The highest BCUT2D eigenvalue weighted by Gasteiger charge is 2.35. The number of nitrogens with one attached hydrogen (secondary N) is 1. The molecule has 0 atom stereocenters. The van der Waals surface area contributed by atoms with Gasteiger partial charge in [-0.05, 0) is 46.6 Å². The van der Waals surface area contributed by atoms with Crippen LogP contribution in [0.25, 0.3) is 0 Å². The summed E-state index contributed by atoms with van der Waals surface area (Å²) in [7, 11) is 2.10. The molecule has 1 amide bonds. The molecular formula is C13H25N3O2. The predicted molar refractivity (Wildman–Crippen MR) is 70.2 cm³/mol. The van der Waals surface area contributed by atoms with Crippen LogP contribution in [0.4, 0.5) is 4.79 Å². The lowest BCUT2D eigenvalue weighted by Crippen LogP contribution is -2.59. The smallest absolute Gasteiger partial charge is 0.425 e. The molecule has 5 heteroatoms. The number of hydrogen-bond acceptors (Lipinski definition) is 4. The summed E-state index contributed by atoms with van der Waals surface area (Å²) in [6.45, 7) is 7.03. The molecule has 0 aliphatic carbocycles. The maximum atomic E-state index is 12.2. The standard InChI is InChI=1S/C13H25N3O2/c1-13(2)7-4-8-14-16(13)12(17)18-11-5-9-15(3)10-6-11/h11,14H,4-10H2,1-3H3. The summed E-state index contributed by atoms with van der Waals surface area (Å²) in [5, 5.41) is 1.68. The highest BCUT2D eigenvalue weighted by molar-refractivity contribution is 5.68. The van der Waals surface area contributed by atoms with Crippen molar-refractivity contribution in [3.63, 3.8) is 0 Å². The van der Waals surface area contributed by atoms with Crippen LogP contribution in [0, 0.1) is 0 Å². The van der Waals surface area contributed by atoms with E-state index >= 15 is 0 Å². The highest BCUT2D eigenvalue weighted by Crippen LogP contribution is 2.24. The third-order valence-electron chi connectivity index (χ3n) is 3.96. The van der Waals surface area contributed by atoms with Gasteiger partial charge in [-0.15, -0.1) is 0 Å². The summed E-state index contributed by atoms with van der Waals surface area (Å²) >= 11 is 0. The van der Waals surface area contributed by atoms with Crippen LogP contribution in [0.2, 0.25) is 0 Å². The summed E-state index contributed by atoms with van der Waals surface area (Å²) in [5.74, 6) is 0. The summed E-state index contributed by atoms with van der Waals surface area (Å²) < 4.78 is 5.61. The fourth-order valence-corrected chi connectivity index (χ4v) is 2.65. The molecule has 2 rings (SSSR count). The lowest BCUT2D eigenvalue weighted by molar-refractivity contribution is -0.0195. The molecule has 2 aliphatic heterocycles. The van der Waals surface area contributed by atoms with Crippen LogP contribution < -0.4 is 5.43 Å². The number of nitrogens with zero attached hydrogens (tertiary/aromatic N) is 2. The van der Waals surface area contributed by atoms with E-state index in [0.29, 0.717) is 0 Å². The maximum absolute atomic E-state index is 12.2. The maximum Gasteiger partial charge on any atom is 0.425 e. The first kappa shape index (κ1) is 13.6. The van der Waals surface area contributed by atoms with Gasteiger partial charge in [0.1, 0.15) is 6.10 Å². The number of carbonyl (C=O) groups excluding carboxylic acids is 1. The van der Waals surface area contributed by atoms with E-state index in [1.165, 1.54) is 0 Å². The molecule has 0 unspecified atom stereocenters. The van der Waals surface area contributed by atoms with E-state index in [1.807, 2.05) is 0 Å². The molecule has 0 aromatic carbocycles. The lowest BCUT2D eigenvalue weighted by atomic mass is 9.96. The minimum absolute atomic E-state index is 0.0771. The van der Waals surface area contributed by atoms with Crippen molar-refractivity contribution in [1.82, 2.24) is 15.3 Å². The highest BCUT2D eigenvalue weighted by atomic mass is 16.6. The third kappa shape index (κ3) is 3.14. The second-order valence-corrected chi connectivity index (χ2v) is 6.05. The Balaban J connectivity index is 1.87. The molecule has 0 bridgehead atoms. The van der Waals surface area contributed by atoms with Gasteiger partial charge in [0.05, 0.1) is 5.54 Å². The largest absolute Gasteiger partial charge is 0.445 e. The van der Waals surface area contributed by atoms with Crippen LogP contribution in [-0.4, -0.2) is 54.3 Å². The van der Waals surface area contributed by atoms with E-state index in [-0.39, 0.29) is 17.7 Å². The Morgan fingerprint density at radius 1 is 1.33 bits per heavy atom. The molecule has 5 nitrogen and oxygen atoms in total. The van der Waals surface area contributed by atoms with Crippen molar-refractivity contribution in [3.8, 4) is 0 Å². The number of hydrogen-bond donors (Lipinski definition) is 1. The number of carbonyl (C=O) groups is 1. The zero-order valence-corrected chi connectivity index (χ0v) is 11.7. The SMILES string of the molecule is CN1CCC(OC(=O)N2NCCCC2(C)C)CC1. The first-order valence-corrected chi connectivity index (χ1v) is 6.92. The van der Waals surface area contributed by atoms with Crippen LogP contribution in [0.3, 0.4) is 0 Å². The van der Waals surface area contributed by atoms with Gasteiger partial charge in [-0.25, -0.2) is 15.2 Å². The van der Waals surface area contributed by atoms with Crippen LogP contribution >= 0.6 is 0 Å². The Morgan fingerprint density at radius 2 is 2.00 bits per heavy atom. The second-order valence-electron chi connectivity index (χ2n) is 6.05. The van der Waals surface area contributed by atoms with E-state index in [0.717, 1.165) is 45.3 Å². The van der Waals surface area contributed by atoms with Gasteiger partial charge in [0.2, 0.25) is 0 Å². The number of rotatable bonds is 1. The Kier molecular flexibility index (Phi) is 4.12.